The zero-order valence-corrected chi connectivity index (χ0v) is 12.9. The Morgan fingerprint density at radius 2 is 1.90 bits per heavy atom. The first kappa shape index (κ1) is 17.5. The number of hydrogen-bond donors (Lipinski definition) is 1. The molecule has 0 bridgehead atoms. The van der Waals surface area contributed by atoms with Gasteiger partial charge in [-0.15, -0.1) is 0 Å². The molecule has 114 valence electrons. The maximum Gasteiger partial charge on any atom is 0.411 e. The van der Waals surface area contributed by atoms with Gasteiger partial charge in [-0.1, -0.05) is 35.0 Å². The Labute approximate surface area is 125 Å². The summed E-state index contributed by atoms with van der Waals surface area (Å²) in [5, 5.41) is 3.16. The van der Waals surface area contributed by atoms with Gasteiger partial charge in [-0.05, 0) is 36.6 Å². The van der Waals surface area contributed by atoms with Gasteiger partial charge in [0.25, 0.3) is 0 Å². The van der Waals surface area contributed by atoms with Crippen LogP contribution in [0.1, 0.15) is 12.5 Å². The Hall–Kier alpha value is -0.590. The molecule has 1 unspecified atom stereocenters. The number of hydrogen-bond acceptors (Lipinski definition) is 2. The first-order valence-corrected chi connectivity index (χ1v) is 7.29. The fourth-order valence-corrected chi connectivity index (χ4v) is 2.10. The minimum absolute atomic E-state index is 0.0264. The van der Waals surface area contributed by atoms with Crippen molar-refractivity contribution in [3.8, 4) is 0 Å². The third kappa shape index (κ3) is 7.87. The number of benzene rings is 1. The van der Waals surface area contributed by atoms with Crippen LogP contribution in [0.2, 0.25) is 0 Å². The molecule has 0 saturated carbocycles. The van der Waals surface area contributed by atoms with Crippen LogP contribution < -0.4 is 5.32 Å². The summed E-state index contributed by atoms with van der Waals surface area (Å²) in [4.78, 5) is 0. The lowest BCUT2D eigenvalue weighted by molar-refractivity contribution is -0.176. The lowest BCUT2D eigenvalue weighted by Crippen LogP contribution is -2.29. The Balaban J connectivity index is 2.48. The van der Waals surface area contributed by atoms with Crippen LogP contribution in [0, 0.1) is 5.92 Å². The average Bonchev–Trinajstić information content (AvgIpc) is 2.37. The molecule has 0 aliphatic heterocycles. The highest BCUT2D eigenvalue weighted by atomic mass is 79.9. The molecule has 0 fully saturated rings. The Morgan fingerprint density at radius 1 is 1.25 bits per heavy atom. The first-order chi connectivity index (χ1) is 9.40. The maximum absolute atomic E-state index is 12.1. The highest BCUT2D eigenvalue weighted by molar-refractivity contribution is 9.10. The van der Waals surface area contributed by atoms with E-state index in [1.165, 1.54) is 0 Å². The van der Waals surface area contributed by atoms with Crippen molar-refractivity contribution < 1.29 is 17.9 Å². The van der Waals surface area contributed by atoms with E-state index in [9.17, 15) is 13.2 Å². The Bertz CT molecular complexity index is 381. The summed E-state index contributed by atoms with van der Waals surface area (Å²) in [6.45, 7) is 2.31. The molecule has 0 amide bonds. The van der Waals surface area contributed by atoms with Crippen molar-refractivity contribution in [2.24, 2.45) is 5.92 Å². The normalized spacial score (nSPS) is 13.4. The fourth-order valence-electron chi connectivity index (χ4n) is 1.83. The zero-order chi connectivity index (χ0) is 15.0. The van der Waals surface area contributed by atoms with Gasteiger partial charge in [0, 0.05) is 11.0 Å². The summed E-state index contributed by atoms with van der Waals surface area (Å²) in [5.74, 6) is 0.0264. The number of nitrogens with one attached hydrogen (secondary N) is 1. The van der Waals surface area contributed by atoms with Crippen LogP contribution in [0.4, 0.5) is 13.2 Å². The predicted molar refractivity (Wildman–Crippen MR) is 76.8 cm³/mol. The van der Waals surface area contributed by atoms with Crippen molar-refractivity contribution in [3.05, 3.63) is 34.3 Å². The summed E-state index contributed by atoms with van der Waals surface area (Å²) in [6.07, 6.45) is -3.57. The SMILES string of the molecule is CCNCC(COCC(F)(F)F)Cc1ccc(Br)cc1. The fraction of sp³-hybridized carbons (Fsp3) is 0.571. The van der Waals surface area contributed by atoms with Gasteiger partial charge >= 0.3 is 6.18 Å². The standard InChI is InChI=1S/C14H19BrF3NO/c1-2-19-8-12(9-20-10-14(16,17)18)7-11-3-5-13(15)6-4-11/h3-6,12,19H,2,7-10H2,1H3. The topological polar surface area (TPSA) is 21.3 Å². The summed E-state index contributed by atoms with van der Waals surface area (Å²) in [7, 11) is 0. The summed E-state index contributed by atoms with van der Waals surface area (Å²) >= 11 is 3.36. The third-order valence-electron chi connectivity index (χ3n) is 2.74. The molecule has 0 aromatic heterocycles. The summed E-state index contributed by atoms with van der Waals surface area (Å²) in [6, 6.07) is 7.78. The van der Waals surface area contributed by atoms with Crippen LogP contribution in [0.15, 0.2) is 28.7 Å². The van der Waals surface area contributed by atoms with Crippen LogP contribution in [0.25, 0.3) is 0 Å². The Kier molecular flexibility index (Phi) is 7.55. The van der Waals surface area contributed by atoms with Crippen molar-refractivity contribution in [1.29, 1.82) is 0 Å². The third-order valence-corrected chi connectivity index (χ3v) is 3.27. The lowest BCUT2D eigenvalue weighted by atomic mass is 10.00. The van der Waals surface area contributed by atoms with Gasteiger partial charge in [0.05, 0.1) is 6.61 Å². The molecular weight excluding hydrogens is 335 g/mol. The second-order valence-electron chi connectivity index (χ2n) is 4.63. The second kappa shape index (κ2) is 8.64. The molecule has 1 atom stereocenters. The van der Waals surface area contributed by atoms with Crippen molar-refractivity contribution in [2.75, 3.05) is 26.3 Å². The zero-order valence-electron chi connectivity index (χ0n) is 11.3. The molecule has 0 aliphatic carbocycles. The number of halogens is 4. The molecule has 0 radical (unpaired) electrons. The van der Waals surface area contributed by atoms with Gasteiger partial charge in [-0.2, -0.15) is 13.2 Å². The molecule has 0 heterocycles. The van der Waals surface area contributed by atoms with Gasteiger partial charge in [-0.25, -0.2) is 0 Å². The minimum atomic E-state index is -4.26. The molecule has 20 heavy (non-hydrogen) atoms. The van der Waals surface area contributed by atoms with Crippen LogP contribution in [0.5, 0.6) is 0 Å². The van der Waals surface area contributed by atoms with E-state index in [1.54, 1.807) is 0 Å². The van der Waals surface area contributed by atoms with E-state index in [0.29, 0.717) is 13.0 Å². The van der Waals surface area contributed by atoms with Gasteiger partial charge in [-0.3, -0.25) is 0 Å². The molecule has 1 aromatic carbocycles. The van der Waals surface area contributed by atoms with E-state index >= 15 is 0 Å². The van der Waals surface area contributed by atoms with E-state index in [1.807, 2.05) is 31.2 Å². The average molecular weight is 354 g/mol. The van der Waals surface area contributed by atoms with Gasteiger partial charge in [0.15, 0.2) is 0 Å². The van der Waals surface area contributed by atoms with Gasteiger partial charge in [0.1, 0.15) is 6.61 Å². The smallest absolute Gasteiger partial charge is 0.372 e. The predicted octanol–water partition coefficient (Wildman–Crippen LogP) is 3.80. The van der Waals surface area contributed by atoms with Crippen molar-refractivity contribution in [3.63, 3.8) is 0 Å². The highest BCUT2D eigenvalue weighted by Gasteiger charge is 2.27. The summed E-state index contributed by atoms with van der Waals surface area (Å²) < 4.78 is 42.0. The largest absolute Gasteiger partial charge is 0.411 e. The molecular formula is C14H19BrF3NO. The van der Waals surface area contributed by atoms with Crippen molar-refractivity contribution in [1.82, 2.24) is 5.32 Å². The minimum Gasteiger partial charge on any atom is -0.372 e. The molecule has 0 saturated heterocycles. The van der Waals surface area contributed by atoms with Crippen LogP contribution in [-0.4, -0.2) is 32.5 Å². The Morgan fingerprint density at radius 3 is 2.45 bits per heavy atom. The van der Waals surface area contributed by atoms with E-state index in [2.05, 4.69) is 21.2 Å². The monoisotopic (exact) mass is 353 g/mol. The molecule has 1 N–H and O–H groups in total. The number of ether oxygens (including phenoxy) is 1. The van der Waals surface area contributed by atoms with Crippen molar-refractivity contribution in [2.45, 2.75) is 19.5 Å². The number of rotatable bonds is 8. The second-order valence-corrected chi connectivity index (χ2v) is 5.55. The number of alkyl halides is 3. The van der Waals surface area contributed by atoms with Gasteiger partial charge in [0.2, 0.25) is 0 Å². The van der Waals surface area contributed by atoms with E-state index in [0.717, 1.165) is 16.6 Å². The first-order valence-electron chi connectivity index (χ1n) is 6.50. The maximum atomic E-state index is 12.1. The van der Waals surface area contributed by atoms with Crippen LogP contribution in [0.3, 0.4) is 0 Å². The lowest BCUT2D eigenvalue weighted by Gasteiger charge is -2.18. The van der Waals surface area contributed by atoms with E-state index in [4.69, 9.17) is 4.74 Å². The van der Waals surface area contributed by atoms with E-state index in [-0.39, 0.29) is 12.5 Å². The van der Waals surface area contributed by atoms with Gasteiger partial charge < -0.3 is 10.1 Å². The molecule has 1 rings (SSSR count). The quantitative estimate of drug-likeness (QED) is 0.767. The van der Waals surface area contributed by atoms with E-state index < -0.39 is 12.8 Å². The molecule has 1 aromatic rings. The van der Waals surface area contributed by atoms with Crippen molar-refractivity contribution >= 4 is 15.9 Å². The van der Waals surface area contributed by atoms with Crippen LogP contribution in [-0.2, 0) is 11.2 Å². The molecule has 6 heteroatoms. The van der Waals surface area contributed by atoms with Crippen LogP contribution >= 0.6 is 15.9 Å². The molecule has 2 nitrogen and oxygen atoms in total. The molecule has 0 spiro atoms. The summed E-state index contributed by atoms with van der Waals surface area (Å²) in [5.41, 5.74) is 1.09. The molecule has 0 aliphatic rings. The highest BCUT2D eigenvalue weighted by Crippen LogP contribution is 2.17.